The number of anilines is 1. The second kappa shape index (κ2) is 7.47. The summed E-state index contributed by atoms with van der Waals surface area (Å²) in [5, 5.41) is 2.85. The summed E-state index contributed by atoms with van der Waals surface area (Å²) in [6.07, 6.45) is 5.20. The lowest BCUT2D eigenvalue weighted by Crippen LogP contribution is -2.39. The maximum atomic E-state index is 12.7. The molecule has 2 heterocycles. The van der Waals surface area contributed by atoms with Crippen LogP contribution in [-0.4, -0.2) is 34.8 Å². The first-order valence-electron chi connectivity index (χ1n) is 8.65. The smallest absolute Gasteiger partial charge is 0.257 e. The lowest BCUT2D eigenvalue weighted by atomic mass is 9.99. The molecule has 1 N–H and O–H groups in total. The van der Waals surface area contributed by atoms with Crippen molar-refractivity contribution in [1.82, 2.24) is 9.88 Å². The fourth-order valence-corrected chi connectivity index (χ4v) is 3.16. The number of likely N-dealkylation sites (tertiary alicyclic amines) is 1. The van der Waals surface area contributed by atoms with Crippen LogP contribution in [0.25, 0.3) is 0 Å². The number of aromatic nitrogens is 1. The first kappa shape index (κ1) is 17.1. The predicted molar refractivity (Wildman–Crippen MR) is 97.7 cm³/mol. The molecule has 1 fully saturated rings. The highest BCUT2D eigenvalue weighted by Gasteiger charge is 2.23. The Hall–Kier alpha value is -2.69. The van der Waals surface area contributed by atoms with E-state index in [1.165, 1.54) is 12.4 Å². The number of hydrogen-bond acceptors (Lipinski definition) is 3. The number of nitrogens with one attached hydrogen (secondary N) is 1. The maximum absolute atomic E-state index is 12.7. The Bertz CT molecular complexity index is 788. The summed E-state index contributed by atoms with van der Waals surface area (Å²) in [7, 11) is 0. The lowest BCUT2D eigenvalue weighted by molar-refractivity contribution is 0.0682. The van der Waals surface area contributed by atoms with Crippen LogP contribution < -0.4 is 5.32 Å². The third-order valence-corrected chi connectivity index (χ3v) is 4.47. The first-order valence-corrected chi connectivity index (χ1v) is 8.65. The van der Waals surface area contributed by atoms with Crippen LogP contribution in [0, 0.1) is 12.8 Å². The zero-order valence-electron chi connectivity index (χ0n) is 14.7. The third kappa shape index (κ3) is 4.24. The van der Waals surface area contributed by atoms with E-state index in [-0.39, 0.29) is 11.8 Å². The lowest BCUT2D eigenvalue weighted by Gasteiger charge is -2.30. The number of hydrogen-bond donors (Lipinski definition) is 1. The highest BCUT2D eigenvalue weighted by Crippen LogP contribution is 2.18. The van der Waals surface area contributed by atoms with Gasteiger partial charge >= 0.3 is 0 Å². The monoisotopic (exact) mass is 337 g/mol. The van der Waals surface area contributed by atoms with Gasteiger partial charge in [0.2, 0.25) is 0 Å². The minimum atomic E-state index is -0.264. The second-order valence-corrected chi connectivity index (χ2v) is 6.78. The van der Waals surface area contributed by atoms with Gasteiger partial charge in [0.15, 0.2) is 0 Å². The molecule has 0 radical (unpaired) electrons. The van der Waals surface area contributed by atoms with Crippen molar-refractivity contribution in [3.63, 3.8) is 0 Å². The van der Waals surface area contributed by atoms with Gasteiger partial charge in [0.1, 0.15) is 0 Å². The molecule has 1 saturated heterocycles. The van der Waals surface area contributed by atoms with E-state index in [0.717, 1.165) is 37.2 Å². The highest BCUT2D eigenvalue weighted by atomic mass is 16.2. The van der Waals surface area contributed by atoms with Crippen molar-refractivity contribution in [2.75, 3.05) is 18.4 Å². The van der Waals surface area contributed by atoms with E-state index >= 15 is 0 Å². The van der Waals surface area contributed by atoms with Gasteiger partial charge in [-0.05, 0) is 49.4 Å². The molecule has 1 aliphatic heterocycles. The number of nitrogens with zero attached hydrogens (tertiary/aromatic N) is 2. The second-order valence-electron chi connectivity index (χ2n) is 6.78. The summed E-state index contributed by atoms with van der Waals surface area (Å²) >= 11 is 0. The van der Waals surface area contributed by atoms with Gasteiger partial charge < -0.3 is 10.2 Å². The molecule has 2 amide bonds. The molecule has 1 aromatic heterocycles. The van der Waals surface area contributed by atoms with Crippen molar-refractivity contribution in [1.29, 1.82) is 0 Å². The van der Waals surface area contributed by atoms with E-state index in [0.29, 0.717) is 17.0 Å². The van der Waals surface area contributed by atoms with Crippen LogP contribution in [0.1, 0.15) is 46.0 Å². The van der Waals surface area contributed by atoms with Crippen LogP contribution in [-0.2, 0) is 0 Å². The fourth-order valence-electron chi connectivity index (χ4n) is 3.16. The van der Waals surface area contributed by atoms with Gasteiger partial charge in [0.25, 0.3) is 11.8 Å². The van der Waals surface area contributed by atoms with Gasteiger partial charge in [-0.3, -0.25) is 14.6 Å². The minimum Gasteiger partial charge on any atom is -0.338 e. The van der Waals surface area contributed by atoms with E-state index in [9.17, 15) is 9.59 Å². The van der Waals surface area contributed by atoms with Crippen LogP contribution in [0.4, 0.5) is 5.69 Å². The fraction of sp³-hybridized carbons (Fsp3) is 0.350. The SMILES string of the molecule is Cc1cccc(NC(=O)c2cncc(C(=O)N3CCCC(C)C3)c2)c1. The van der Waals surface area contributed by atoms with Crippen molar-refractivity contribution < 1.29 is 9.59 Å². The Kier molecular flexibility index (Phi) is 5.12. The molecule has 0 bridgehead atoms. The predicted octanol–water partition coefficient (Wildman–Crippen LogP) is 3.51. The first-order chi connectivity index (χ1) is 12.0. The molecule has 0 aliphatic carbocycles. The molecule has 0 spiro atoms. The van der Waals surface area contributed by atoms with Crippen molar-refractivity contribution in [3.05, 3.63) is 59.4 Å². The van der Waals surface area contributed by atoms with Gasteiger partial charge in [0, 0.05) is 31.2 Å². The van der Waals surface area contributed by atoms with Gasteiger partial charge in [-0.2, -0.15) is 0 Å². The molecule has 1 aliphatic rings. The average molecular weight is 337 g/mol. The standard InChI is InChI=1S/C20H23N3O2/c1-14-5-3-7-18(9-14)22-19(24)16-10-17(12-21-11-16)20(25)23-8-4-6-15(2)13-23/h3,5,7,9-12,15H,4,6,8,13H2,1-2H3,(H,22,24). The van der Waals surface area contributed by atoms with Gasteiger partial charge in [-0.1, -0.05) is 19.1 Å². The summed E-state index contributed by atoms with van der Waals surface area (Å²) in [6.45, 7) is 5.65. The number of rotatable bonds is 3. The number of benzene rings is 1. The van der Waals surface area contributed by atoms with Crippen molar-refractivity contribution in [2.45, 2.75) is 26.7 Å². The third-order valence-electron chi connectivity index (χ3n) is 4.47. The summed E-state index contributed by atoms with van der Waals surface area (Å²) in [4.78, 5) is 31.1. The Morgan fingerprint density at radius 3 is 2.76 bits per heavy atom. The van der Waals surface area contributed by atoms with E-state index in [4.69, 9.17) is 0 Å². The molecule has 2 aromatic rings. The summed E-state index contributed by atoms with van der Waals surface area (Å²) in [6, 6.07) is 9.22. The van der Waals surface area contributed by atoms with Crippen molar-refractivity contribution in [2.24, 2.45) is 5.92 Å². The molecule has 130 valence electrons. The number of carbonyl (C=O) groups is 2. The van der Waals surface area contributed by atoms with Crippen LogP contribution in [0.15, 0.2) is 42.7 Å². The Morgan fingerprint density at radius 2 is 2.00 bits per heavy atom. The number of piperidine rings is 1. The minimum absolute atomic E-state index is 0.0516. The summed E-state index contributed by atoms with van der Waals surface area (Å²) in [5.74, 6) is 0.197. The van der Waals surface area contributed by atoms with Crippen LogP contribution >= 0.6 is 0 Å². The van der Waals surface area contributed by atoms with Gasteiger partial charge in [0.05, 0.1) is 11.1 Å². The normalized spacial score (nSPS) is 17.2. The van der Waals surface area contributed by atoms with Crippen molar-refractivity contribution in [3.8, 4) is 0 Å². The average Bonchev–Trinajstić information content (AvgIpc) is 2.61. The van der Waals surface area contributed by atoms with E-state index in [2.05, 4.69) is 17.2 Å². The van der Waals surface area contributed by atoms with Crippen LogP contribution in [0.3, 0.4) is 0 Å². The molecule has 1 atom stereocenters. The topological polar surface area (TPSA) is 62.3 Å². The zero-order valence-corrected chi connectivity index (χ0v) is 14.7. The molecular formula is C20H23N3O2. The van der Waals surface area contributed by atoms with E-state index in [1.807, 2.05) is 36.1 Å². The molecule has 1 unspecified atom stereocenters. The van der Waals surface area contributed by atoms with E-state index < -0.39 is 0 Å². The Labute approximate surface area is 148 Å². The Balaban J connectivity index is 1.74. The van der Waals surface area contributed by atoms with Gasteiger partial charge in [-0.25, -0.2) is 0 Å². The van der Waals surface area contributed by atoms with E-state index in [1.54, 1.807) is 6.07 Å². The molecule has 0 saturated carbocycles. The van der Waals surface area contributed by atoms with Gasteiger partial charge in [-0.15, -0.1) is 0 Å². The van der Waals surface area contributed by atoms with Crippen LogP contribution in [0.2, 0.25) is 0 Å². The highest BCUT2D eigenvalue weighted by molar-refractivity contribution is 6.05. The number of carbonyl (C=O) groups excluding carboxylic acids is 2. The number of pyridine rings is 1. The molecule has 5 nitrogen and oxygen atoms in total. The number of amides is 2. The number of aryl methyl sites for hydroxylation is 1. The quantitative estimate of drug-likeness (QED) is 0.932. The molecule has 3 rings (SSSR count). The zero-order chi connectivity index (χ0) is 17.8. The molecular weight excluding hydrogens is 314 g/mol. The summed E-state index contributed by atoms with van der Waals surface area (Å²) < 4.78 is 0. The Morgan fingerprint density at radius 1 is 1.20 bits per heavy atom. The molecule has 5 heteroatoms. The summed E-state index contributed by atoms with van der Waals surface area (Å²) in [5.41, 5.74) is 2.65. The maximum Gasteiger partial charge on any atom is 0.257 e. The van der Waals surface area contributed by atoms with Crippen LogP contribution in [0.5, 0.6) is 0 Å². The molecule has 25 heavy (non-hydrogen) atoms. The largest absolute Gasteiger partial charge is 0.338 e. The molecule has 1 aromatic carbocycles. The van der Waals surface area contributed by atoms with Crippen molar-refractivity contribution >= 4 is 17.5 Å².